The zero-order chi connectivity index (χ0) is 17.5. The highest BCUT2D eigenvalue weighted by molar-refractivity contribution is 8.23. The summed E-state index contributed by atoms with van der Waals surface area (Å²) >= 11 is 7.04. The molecule has 0 bridgehead atoms. The van der Waals surface area contributed by atoms with Crippen LogP contribution in [0.4, 0.5) is 0 Å². The summed E-state index contributed by atoms with van der Waals surface area (Å²) in [7, 11) is -1.44. The summed E-state index contributed by atoms with van der Waals surface area (Å²) in [6.45, 7) is 11.1. The normalized spacial score (nSPS) is 14.1. The molecular weight excluding hydrogens is 340 g/mol. The molecule has 0 aliphatic carbocycles. The van der Waals surface area contributed by atoms with Gasteiger partial charge in [-0.15, -0.1) is 0 Å². The summed E-state index contributed by atoms with van der Waals surface area (Å²) in [5.41, 5.74) is 0.797. The SMILES string of the molecule is CCC(C)OC(=S)SC(CCC(=O)c1ccccc1)[Si](C)(C)C. The lowest BCUT2D eigenvalue weighted by Gasteiger charge is -2.28. The highest BCUT2D eigenvalue weighted by Gasteiger charge is 2.29. The number of hydrogen-bond acceptors (Lipinski definition) is 4. The molecule has 0 saturated heterocycles. The first-order chi connectivity index (χ1) is 10.7. The minimum atomic E-state index is -1.44. The lowest BCUT2D eigenvalue weighted by atomic mass is 10.1. The molecule has 2 nitrogen and oxygen atoms in total. The molecule has 23 heavy (non-hydrogen) atoms. The predicted octanol–water partition coefficient (Wildman–Crippen LogP) is 5.73. The number of hydrogen-bond donors (Lipinski definition) is 0. The summed E-state index contributed by atoms with van der Waals surface area (Å²) in [4.78, 5) is 12.7. The number of rotatable bonds is 8. The molecule has 0 aromatic heterocycles. The fourth-order valence-corrected chi connectivity index (χ4v) is 6.29. The van der Waals surface area contributed by atoms with Gasteiger partial charge in [-0.25, -0.2) is 0 Å². The number of carbonyl (C=O) groups excluding carboxylic acids is 1. The lowest BCUT2D eigenvalue weighted by Crippen LogP contribution is -2.37. The zero-order valence-corrected chi connectivity index (χ0v) is 17.4. The number of thioether (sulfide) groups is 1. The van der Waals surface area contributed by atoms with Gasteiger partial charge in [-0.1, -0.05) is 68.7 Å². The molecule has 1 aromatic carbocycles. The average Bonchev–Trinajstić information content (AvgIpc) is 2.50. The number of thiocarbonyl (C=S) groups is 1. The monoisotopic (exact) mass is 368 g/mol. The smallest absolute Gasteiger partial charge is 0.220 e. The van der Waals surface area contributed by atoms with Gasteiger partial charge >= 0.3 is 0 Å². The van der Waals surface area contributed by atoms with Gasteiger partial charge in [-0.05, 0) is 32.0 Å². The second-order valence-corrected chi connectivity index (χ2v) is 14.5. The van der Waals surface area contributed by atoms with Crippen LogP contribution < -0.4 is 0 Å². The maximum atomic E-state index is 12.3. The molecule has 0 aliphatic rings. The van der Waals surface area contributed by atoms with E-state index in [-0.39, 0.29) is 11.9 Å². The van der Waals surface area contributed by atoms with Gasteiger partial charge in [0.25, 0.3) is 0 Å². The van der Waals surface area contributed by atoms with Crippen LogP contribution in [0.5, 0.6) is 0 Å². The average molecular weight is 369 g/mol. The molecule has 0 radical (unpaired) electrons. The third kappa shape index (κ3) is 7.64. The van der Waals surface area contributed by atoms with Crippen LogP contribution in [0.15, 0.2) is 30.3 Å². The molecule has 2 atom stereocenters. The zero-order valence-electron chi connectivity index (χ0n) is 14.8. The van der Waals surface area contributed by atoms with E-state index in [0.29, 0.717) is 15.7 Å². The van der Waals surface area contributed by atoms with Crippen molar-refractivity contribution < 1.29 is 9.53 Å². The summed E-state index contributed by atoms with van der Waals surface area (Å²) in [5, 5.41) is 0. The summed E-state index contributed by atoms with van der Waals surface area (Å²) in [6.07, 6.45) is 2.53. The predicted molar refractivity (Wildman–Crippen MR) is 108 cm³/mol. The van der Waals surface area contributed by atoms with E-state index in [4.69, 9.17) is 17.0 Å². The Morgan fingerprint density at radius 3 is 2.39 bits per heavy atom. The van der Waals surface area contributed by atoms with Gasteiger partial charge in [-0.3, -0.25) is 4.79 Å². The number of carbonyl (C=O) groups is 1. The van der Waals surface area contributed by atoms with E-state index in [0.717, 1.165) is 18.4 Å². The standard InChI is InChI=1S/C18H28O2S2Si/c1-6-14(2)20-18(21)22-17(23(3,4)5)13-12-16(19)15-10-8-7-9-11-15/h7-11,14,17H,6,12-13H2,1-5H3. The lowest BCUT2D eigenvalue weighted by molar-refractivity contribution is 0.0981. The third-order valence-electron chi connectivity index (χ3n) is 3.81. The Kier molecular flexibility index (Phi) is 8.51. The fraction of sp³-hybridized carbons (Fsp3) is 0.556. The number of ether oxygens (including phenoxy) is 1. The minimum absolute atomic E-state index is 0.156. The Balaban J connectivity index is 2.62. The Hall–Kier alpha value is -0.653. The maximum Gasteiger partial charge on any atom is 0.220 e. The second kappa shape index (κ2) is 9.60. The van der Waals surface area contributed by atoms with E-state index in [1.54, 1.807) is 11.8 Å². The highest BCUT2D eigenvalue weighted by Crippen LogP contribution is 2.29. The van der Waals surface area contributed by atoms with Crippen molar-refractivity contribution in [2.45, 2.75) is 63.7 Å². The van der Waals surface area contributed by atoms with Gasteiger partial charge in [0.1, 0.15) is 0 Å². The molecule has 0 amide bonds. The van der Waals surface area contributed by atoms with Gasteiger partial charge in [0, 0.05) is 16.9 Å². The van der Waals surface area contributed by atoms with Crippen LogP contribution in [0.1, 0.15) is 43.5 Å². The van der Waals surface area contributed by atoms with Crippen molar-refractivity contribution in [3.63, 3.8) is 0 Å². The van der Waals surface area contributed by atoms with Crippen LogP contribution in [0.2, 0.25) is 19.6 Å². The van der Waals surface area contributed by atoms with Gasteiger partial charge in [-0.2, -0.15) is 0 Å². The van der Waals surface area contributed by atoms with Crippen molar-refractivity contribution in [2.24, 2.45) is 0 Å². The highest BCUT2D eigenvalue weighted by atomic mass is 32.2. The van der Waals surface area contributed by atoms with Crippen LogP contribution in [-0.4, -0.2) is 29.2 Å². The Morgan fingerprint density at radius 2 is 1.87 bits per heavy atom. The van der Waals surface area contributed by atoms with E-state index >= 15 is 0 Å². The van der Waals surface area contributed by atoms with Crippen LogP contribution in [0.25, 0.3) is 0 Å². The van der Waals surface area contributed by atoms with Crippen LogP contribution >= 0.6 is 24.0 Å². The molecule has 5 heteroatoms. The van der Waals surface area contributed by atoms with Crippen molar-refractivity contribution >= 4 is 42.2 Å². The quantitative estimate of drug-likeness (QED) is 0.332. The maximum absolute atomic E-state index is 12.3. The third-order valence-corrected chi connectivity index (χ3v) is 9.70. The summed E-state index contributed by atoms with van der Waals surface area (Å²) in [6, 6.07) is 9.52. The molecule has 0 N–H and O–H groups in total. The van der Waals surface area contributed by atoms with Crippen molar-refractivity contribution in [3.8, 4) is 0 Å². The Labute approximate surface area is 151 Å². The molecule has 2 unspecified atom stereocenters. The molecule has 0 heterocycles. The van der Waals surface area contributed by atoms with Crippen LogP contribution in [-0.2, 0) is 4.74 Å². The first kappa shape index (κ1) is 20.4. The molecule has 0 spiro atoms. The van der Waals surface area contributed by atoms with Crippen LogP contribution in [0.3, 0.4) is 0 Å². The topological polar surface area (TPSA) is 26.3 Å². The van der Waals surface area contributed by atoms with Crippen molar-refractivity contribution in [1.82, 2.24) is 0 Å². The van der Waals surface area contributed by atoms with Crippen molar-refractivity contribution in [1.29, 1.82) is 0 Å². The van der Waals surface area contributed by atoms with E-state index in [1.165, 1.54) is 0 Å². The molecule has 0 aliphatic heterocycles. The van der Waals surface area contributed by atoms with E-state index in [9.17, 15) is 4.79 Å². The first-order valence-corrected chi connectivity index (χ1v) is 13.1. The first-order valence-electron chi connectivity index (χ1n) is 8.19. The summed E-state index contributed by atoms with van der Waals surface area (Å²) < 4.78 is 6.37. The second-order valence-electron chi connectivity index (χ2n) is 6.89. The number of benzene rings is 1. The Bertz CT molecular complexity index is 512. The molecule has 1 rings (SSSR count). The van der Waals surface area contributed by atoms with Gasteiger partial charge in [0.2, 0.25) is 4.38 Å². The van der Waals surface area contributed by atoms with Gasteiger partial charge < -0.3 is 4.74 Å². The molecule has 0 fully saturated rings. The molecule has 0 saturated carbocycles. The van der Waals surface area contributed by atoms with E-state index < -0.39 is 8.07 Å². The fourth-order valence-electron chi connectivity index (χ4n) is 2.09. The van der Waals surface area contributed by atoms with Crippen molar-refractivity contribution in [2.75, 3.05) is 0 Å². The molecular formula is C18H28O2S2Si. The van der Waals surface area contributed by atoms with Gasteiger partial charge in [0.15, 0.2) is 5.78 Å². The number of Topliss-reactive ketones (excluding diaryl/α,β-unsaturated/α-hetero) is 1. The largest absolute Gasteiger partial charge is 0.476 e. The summed E-state index contributed by atoms with van der Waals surface area (Å²) in [5.74, 6) is 0.211. The number of ketones is 1. The molecule has 128 valence electrons. The van der Waals surface area contributed by atoms with Crippen LogP contribution in [0, 0.1) is 0 Å². The van der Waals surface area contributed by atoms with E-state index in [1.807, 2.05) is 37.3 Å². The minimum Gasteiger partial charge on any atom is -0.476 e. The Morgan fingerprint density at radius 1 is 1.26 bits per heavy atom. The molecule has 1 aromatic rings. The van der Waals surface area contributed by atoms with E-state index in [2.05, 4.69) is 26.6 Å². The van der Waals surface area contributed by atoms with Gasteiger partial charge in [0.05, 0.1) is 14.2 Å². The van der Waals surface area contributed by atoms with Crippen molar-refractivity contribution in [3.05, 3.63) is 35.9 Å².